The third kappa shape index (κ3) is 2.66. The lowest BCUT2D eigenvalue weighted by molar-refractivity contribution is 0.0930. The van der Waals surface area contributed by atoms with Gasteiger partial charge in [-0.05, 0) is 41.7 Å². The van der Waals surface area contributed by atoms with Crippen LogP contribution >= 0.6 is 11.6 Å². The average molecular weight is 288 g/mol. The zero-order valence-corrected chi connectivity index (χ0v) is 12.1. The monoisotopic (exact) mass is 287 g/mol. The van der Waals surface area contributed by atoms with E-state index in [9.17, 15) is 4.79 Å². The number of carbonyl (C=O) groups is 1. The van der Waals surface area contributed by atoms with Crippen molar-refractivity contribution >= 4 is 28.3 Å². The Hall–Kier alpha value is -1.54. The Kier molecular flexibility index (Phi) is 3.93. The van der Waals surface area contributed by atoms with E-state index in [2.05, 4.69) is 11.4 Å². The van der Waals surface area contributed by atoms with Gasteiger partial charge < -0.3 is 5.32 Å². The molecule has 3 heteroatoms. The molecule has 1 aliphatic rings. The van der Waals surface area contributed by atoms with Crippen molar-refractivity contribution in [1.29, 1.82) is 0 Å². The van der Waals surface area contributed by atoms with Crippen LogP contribution in [0.5, 0.6) is 0 Å². The predicted molar refractivity (Wildman–Crippen MR) is 83.3 cm³/mol. The molecule has 2 nitrogen and oxygen atoms in total. The van der Waals surface area contributed by atoms with Crippen LogP contribution in [0.25, 0.3) is 10.8 Å². The number of alkyl halides is 1. The molecule has 2 aromatic carbocycles. The number of rotatable bonds is 3. The number of hydrogen-bond donors (Lipinski definition) is 1. The van der Waals surface area contributed by atoms with Crippen molar-refractivity contribution in [2.45, 2.75) is 25.3 Å². The van der Waals surface area contributed by atoms with Gasteiger partial charge in [0.1, 0.15) is 0 Å². The second-order valence-corrected chi connectivity index (χ2v) is 5.80. The molecule has 0 radical (unpaired) electrons. The lowest BCUT2D eigenvalue weighted by Gasteiger charge is -2.19. The van der Waals surface area contributed by atoms with Gasteiger partial charge in [0.25, 0.3) is 5.91 Å². The molecule has 0 spiro atoms. The maximum Gasteiger partial charge on any atom is 0.251 e. The highest BCUT2D eigenvalue weighted by Gasteiger charge is 2.27. The molecule has 104 valence electrons. The van der Waals surface area contributed by atoms with Gasteiger partial charge in [0.15, 0.2) is 0 Å². The third-order valence-electron chi connectivity index (χ3n) is 4.19. The number of benzene rings is 2. The molecule has 1 aliphatic carbocycles. The first kappa shape index (κ1) is 13.4. The normalized spacial score (nSPS) is 22.1. The zero-order chi connectivity index (χ0) is 13.9. The summed E-state index contributed by atoms with van der Waals surface area (Å²) >= 11 is 5.96. The standard InChI is InChI=1S/C17H18ClNO/c18-11-15-6-3-7-16(15)19-17(20)14-9-8-12-4-1-2-5-13(12)10-14/h1-2,4-5,8-10,15-16H,3,6-7,11H2,(H,19,20). The molecular formula is C17H18ClNO. The second-order valence-electron chi connectivity index (χ2n) is 5.49. The molecule has 0 bridgehead atoms. The Morgan fingerprint density at radius 2 is 1.95 bits per heavy atom. The fourth-order valence-corrected chi connectivity index (χ4v) is 3.36. The summed E-state index contributed by atoms with van der Waals surface area (Å²) in [4.78, 5) is 12.4. The fourth-order valence-electron chi connectivity index (χ4n) is 2.99. The maximum atomic E-state index is 12.4. The summed E-state index contributed by atoms with van der Waals surface area (Å²) in [5.41, 5.74) is 0.726. The molecule has 1 fully saturated rings. The molecule has 0 aliphatic heterocycles. The SMILES string of the molecule is O=C(NC1CCCC1CCl)c1ccc2ccccc2c1. The van der Waals surface area contributed by atoms with E-state index in [-0.39, 0.29) is 11.9 Å². The molecule has 0 aromatic heterocycles. The Labute approximate surface area is 124 Å². The van der Waals surface area contributed by atoms with Crippen LogP contribution in [0.2, 0.25) is 0 Å². The molecule has 2 atom stereocenters. The van der Waals surface area contributed by atoms with E-state index >= 15 is 0 Å². The molecule has 2 unspecified atom stereocenters. The average Bonchev–Trinajstić information content (AvgIpc) is 2.94. The topological polar surface area (TPSA) is 29.1 Å². The summed E-state index contributed by atoms with van der Waals surface area (Å²) < 4.78 is 0. The molecule has 1 N–H and O–H groups in total. The van der Waals surface area contributed by atoms with Crippen molar-refractivity contribution in [2.75, 3.05) is 5.88 Å². The van der Waals surface area contributed by atoms with Crippen LogP contribution in [0.3, 0.4) is 0 Å². The molecule has 0 saturated heterocycles. The van der Waals surface area contributed by atoms with Crippen LogP contribution in [0.1, 0.15) is 29.6 Å². The van der Waals surface area contributed by atoms with E-state index in [1.165, 1.54) is 0 Å². The van der Waals surface area contributed by atoms with Gasteiger partial charge in [0, 0.05) is 17.5 Å². The van der Waals surface area contributed by atoms with Gasteiger partial charge in [-0.15, -0.1) is 11.6 Å². The number of carbonyl (C=O) groups excluding carboxylic acids is 1. The van der Waals surface area contributed by atoms with Gasteiger partial charge in [0.2, 0.25) is 0 Å². The van der Waals surface area contributed by atoms with Crippen molar-refractivity contribution in [3.05, 3.63) is 48.0 Å². The first-order chi connectivity index (χ1) is 9.78. The largest absolute Gasteiger partial charge is 0.349 e. The van der Waals surface area contributed by atoms with Crippen LogP contribution in [-0.4, -0.2) is 17.8 Å². The minimum absolute atomic E-state index is 0.0118. The molecule has 2 aromatic rings. The molecule has 1 amide bonds. The smallest absolute Gasteiger partial charge is 0.251 e. The highest BCUT2D eigenvalue weighted by molar-refractivity contribution is 6.18. The van der Waals surface area contributed by atoms with Crippen LogP contribution in [0.4, 0.5) is 0 Å². The predicted octanol–water partition coefficient (Wildman–Crippen LogP) is 3.98. The van der Waals surface area contributed by atoms with Gasteiger partial charge in [-0.2, -0.15) is 0 Å². The summed E-state index contributed by atoms with van der Waals surface area (Å²) in [5, 5.41) is 5.39. The zero-order valence-electron chi connectivity index (χ0n) is 11.3. The highest BCUT2D eigenvalue weighted by Crippen LogP contribution is 2.27. The quantitative estimate of drug-likeness (QED) is 0.850. The summed E-state index contributed by atoms with van der Waals surface area (Å²) in [6, 6.07) is 14.2. The Bertz CT molecular complexity index is 625. The van der Waals surface area contributed by atoms with Crippen molar-refractivity contribution in [3.8, 4) is 0 Å². The summed E-state index contributed by atoms with van der Waals surface area (Å²) in [7, 11) is 0. The van der Waals surface area contributed by atoms with E-state index < -0.39 is 0 Å². The van der Waals surface area contributed by atoms with Gasteiger partial charge in [-0.1, -0.05) is 36.8 Å². The molecule has 1 saturated carbocycles. The van der Waals surface area contributed by atoms with Crippen LogP contribution in [0.15, 0.2) is 42.5 Å². The van der Waals surface area contributed by atoms with E-state index in [1.807, 2.05) is 36.4 Å². The van der Waals surface area contributed by atoms with E-state index in [4.69, 9.17) is 11.6 Å². The molecule has 3 rings (SSSR count). The molecule has 20 heavy (non-hydrogen) atoms. The Morgan fingerprint density at radius 3 is 2.75 bits per heavy atom. The third-order valence-corrected chi connectivity index (χ3v) is 4.58. The van der Waals surface area contributed by atoms with Crippen molar-refractivity contribution in [3.63, 3.8) is 0 Å². The summed E-state index contributed by atoms with van der Waals surface area (Å²) in [6.07, 6.45) is 3.31. The summed E-state index contributed by atoms with van der Waals surface area (Å²) in [5.74, 6) is 1.06. The van der Waals surface area contributed by atoms with Crippen molar-refractivity contribution < 1.29 is 4.79 Å². The van der Waals surface area contributed by atoms with E-state index in [1.54, 1.807) is 0 Å². The highest BCUT2D eigenvalue weighted by atomic mass is 35.5. The van der Waals surface area contributed by atoms with E-state index in [0.717, 1.165) is 35.6 Å². The molecular weight excluding hydrogens is 270 g/mol. The van der Waals surface area contributed by atoms with Gasteiger partial charge in [-0.25, -0.2) is 0 Å². The number of nitrogens with one attached hydrogen (secondary N) is 1. The first-order valence-corrected chi connectivity index (χ1v) is 7.67. The minimum Gasteiger partial charge on any atom is -0.349 e. The lowest BCUT2D eigenvalue weighted by atomic mass is 10.0. The number of amides is 1. The molecule has 0 heterocycles. The Balaban J connectivity index is 1.78. The Morgan fingerprint density at radius 1 is 1.15 bits per heavy atom. The number of hydrogen-bond acceptors (Lipinski definition) is 1. The number of fused-ring (bicyclic) bond motifs is 1. The fraction of sp³-hybridized carbons (Fsp3) is 0.353. The van der Waals surface area contributed by atoms with Crippen LogP contribution in [0, 0.1) is 5.92 Å². The van der Waals surface area contributed by atoms with Gasteiger partial charge in [0.05, 0.1) is 0 Å². The van der Waals surface area contributed by atoms with Gasteiger partial charge >= 0.3 is 0 Å². The second kappa shape index (κ2) is 5.84. The first-order valence-electron chi connectivity index (χ1n) is 7.13. The van der Waals surface area contributed by atoms with Crippen LogP contribution < -0.4 is 5.32 Å². The maximum absolute atomic E-state index is 12.4. The van der Waals surface area contributed by atoms with E-state index in [0.29, 0.717) is 11.8 Å². The number of halogens is 1. The lowest BCUT2D eigenvalue weighted by Crippen LogP contribution is -2.37. The van der Waals surface area contributed by atoms with Crippen molar-refractivity contribution in [1.82, 2.24) is 5.32 Å². The minimum atomic E-state index is 0.0118. The summed E-state index contributed by atoms with van der Waals surface area (Å²) in [6.45, 7) is 0. The van der Waals surface area contributed by atoms with Crippen molar-refractivity contribution in [2.24, 2.45) is 5.92 Å². The van der Waals surface area contributed by atoms with Crippen LogP contribution in [-0.2, 0) is 0 Å². The van der Waals surface area contributed by atoms with Gasteiger partial charge in [-0.3, -0.25) is 4.79 Å².